The number of hydrogen-bond acceptors (Lipinski definition) is 3. The molecule has 1 aromatic carbocycles. The van der Waals surface area contributed by atoms with Crippen LogP contribution in [0.1, 0.15) is 30.4 Å². The lowest BCUT2D eigenvalue weighted by Crippen LogP contribution is -2.56. The lowest BCUT2D eigenvalue weighted by molar-refractivity contribution is -0.154. The summed E-state index contributed by atoms with van der Waals surface area (Å²) in [7, 11) is 0. The third kappa shape index (κ3) is 3.23. The normalized spacial score (nSPS) is 20.8. The number of morpholine rings is 1. The summed E-state index contributed by atoms with van der Waals surface area (Å²) < 4.78 is 6.00. The zero-order valence-corrected chi connectivity index (χ0v) is 13.8. The Kier molecular flexibility index (Phi) is 4.32. The van der Waals surface area contributed by atoms with Crippen molar-refractivity contribution in [2.24, 2.45) is 0 Å². The quantitative estimate of drug-likeness (QED) is 0.865. The number of thiophene rings is 1. The van der Waals surface area contributed by atoms with Gasteiger partial charge in [0, 0.05) is 4.88 Å². The standard InChI is InChI=1S/C18H21NO2S/c1-18(2)13-21-16(14-7-4-3-5-8-14)12-19(18)17(20)11-15-9-6-10-22-15/h3-10,16H,11-13H2,1-2H3. The van der Waals surface area contributed by atoms with Crippen LogP contribution in [-0.4, -0.2) is 29.5 Å². The molecular weight excluding hydrogens is 294 g/mol. The van der Waals surface area contributed by atoms with Crippen molar-refractivity contribution in [3.8, 4) is 0 Å². The Labute approximate surface area is 135 Å². The molecule has 0 radical (unpaired) electrons. The van der Waals surface area contributed by atoms with E-state index in [0.717, 1.165) is 10.4 Å². The molecule has 0 saturated carbocycles. The number of ether oxygens (including phenoxy) is 1. The molecule has 2 aromatic rings. The highest BCUT2D eigenvalue weighted by Gasteiger charge is 2.38. The van der Waals surface area contributed by atoms with E-state index >= 15 is 0 Å². The topological polar surface area (TPSA) is 29.5 Å². The summed E-state index contributed by atoms with van der Waals surface area (Å²) in [6.45, 7) is 5.31. The lowest BCUT2D eigenvalue weighted by atomic mass is 9.97. The first-order valence-electron chi connectivity index (χ1n) is 7.56. The number of benzene rings is 1. The van der Waals surface area contributed by atoms with Gasteiger partial charge in [0.15, 0.2) is 0 Å². The molecule has 3 rings (SSSR count). The van der Waals surface area contributed by atoms with Gasteiger partial charge in [-0.3, -0.25) is 4.79 Å². The monoisotopic (exact) mass is 315 g/mol. The molecule has 0 N–H and O–H groups in total. The zero-order chi connectivity index (χ0) is 15.6. The summed E-state index contributed by atoms with van der Waals surface area (Å²) >= 11 is 1.63. The number of rotatable bonds is 3. The fourth-order valence-electron chi connectivity index (χ4n) is 2.81. The molecule has 1 saturated heterocycles. The van der Waals surface area contributed by atoms with Gasteiger partial charge in [0.25, 0.3) is 0 Å². The van der Waals surface area contributed by atoms with E-state index in [-0.39, 0.29) is 17.6 Å². The fourth-order valence-corrected chi connectivity index (χ4v) is 3.51. The highest BCUT2D eigenvalue weighted by molar-refractivity contribution is 7.10. The van der Waals surface area contributed by atoms with Crippen molar-refractivity contribution in [2.45, 2.75) is 31.9 Å². The minimum absolute atomic E-state index is 0.0403. The van der Waals surface area contributed by atoms with Crippen molar-refractivity contribution in [2.75, 3.05) is 13.2 Å². The van der Waals surface area contributed by atoms with E-state index in [0.29, 0.717) is 19.6 Å². The van der Waals surface area contributed by atoms with Crippen LogP contribution in [0.25, 0.3) is 0 Å². The molecule has 3 nitrogen and oxygen atoms in total. The molecule has 1 unspecified atom stereocenters. The molecule has 0 bridgehead atoms. The maximum Gasteiger partial charge on any atom is 0.228 e. The van der Waals surface area contributed by atoms with Crippen LogP contribution >= 0.6 is 11.3 Å². The van der Waals surface area contributed by atoms with E-state index in [1.54, 1.807) is 11.3 Å². The van der Waals surface area contributed by atoms with E-state index in [4.69, 9.17) is 4.74 Å². The molecule has 22 heavy (non-hydrogen) atoms. The van der Waals surface area contributed by atoms with Gasteiger partial charge in [0.1, 0.15) is 6.10 Å². The third-order valence-electron chi connectivity index (χ3n) is 4.09. The van der Waals surface area contributed by atoms with E-state index in [2.05, 4.69) is 26.0 Å². The number of amides is 1. The van der Waals surface area contributed by atoms with Gasteiger partial charge in [0.2, 0.25) is 5.91 Å². The molecule has 116 valence electrons. The van der Waals surface area contributed by atoms with Crippen LogP contribution in [0.4, 0.5) is 0 Å². The Hall–Kier alpha value is -1.65. The van der Waals surface area contributed by atoms with Gasteiger partial charge in [-0.2, -0.15) is 0 Å². The first-order valence-corrected chi connectivity index (χ1v) is 8.44. The van der Waals surface area contributed by atoms with Crippen LogP contribution in [0.5, 0.6) is 0 Å². The van der Waals surface area contributed by atoms with Crippen molar-refractivity contribution in [3.63, 3.8) is 0 Å². The largest absolute Gasteiger partial charge is 0.369 e. The molecule has 4 heteroatoms. The number of carbonyl (C=O) groups is 1. The van der Waals surface area contributed by atoms with Crippen LogP contribution < -0.4 is 0 Å². The molecule has 1 amide bonds. The SMILES string of the molecule is CC1(C)COC(c2ccccc2)CN1C(=O)Cc1cccs1. The summed E-state index contributed by atoms with van der Waals surface area (Å²) in [5.74, 6) is 0.177. The van der Waals surface area contributed by atoms with E-state index < -0.39 is 0 Å². The summed E-state index contributed by atoms with van der Waals surface area (Å²) in [6, 6.07) is 14.1. The Morgan fingerprint density at radius 3 is 2.73 bits per heavy atom. The second-order valence-electron chi connectivity index (χ2n) is 6.28. The van der Waals surface area contributed by atoms with Crippen molar-refractivity contribution in [3.05, 3.63) is 58.3 Å². The smallest absolute Gasteiger partial charge is 0.228 e. The molecule has 1 atom stereocenters. The predicted molar refractivity (Wildman–Crippen MR) is 89.0 cm³/mol. The van der Waals surface area contributed by atoms with E-state index in [1.807, 2.05) is 40.6 Å². The molecular formula is C18H21NO2S. The van der Waals surface area contributed by atoms with Crippen molar-refractivity contribution in [1.29, 1.82) is 0 Å². The summed E-state index contributed by atoms with van der Waals surface area (Å²) in [5.41, 5.74) is 0.867. The van der Waals surface area contributed by atoms with Crippen LogP contribution in [0.2, 0.25) is 0 Å². The fraction of sp³-hybridized carbons (Fsp3) is 0.389. The zero-order valence-electron chi connectivity index (χ0n) is 13.0. The van der Waals surface area contributed by atoms with Crippen molar-refractivity contribution >= 4 is 17.2 Å². The highest BCUT2D eigenvalue weighted by atomic mass is 32.1. The number of hydrogen-bond donors (Lipinski definition) is 0. The first-order chi connectivity index (χ1) is 10.6. The van der Waals surface area contributed by atoms with Gasteiger partial charge in [-0.1, -0.05) is 36.4 Å². The minimum Gasteiger partial charge on any atom is -0.369 e. The first kappa shape index (κ1) is 15.3. The molecule has 1 aromatic heterocycles. The Morgan fingerprint density at radius 2 is 2.05 bits per heavy atom. The van der Waals surface area contributed by atoms with Crippen LogP contribution in [-0.2, 0) is 16.0 Å². The Bertz CT molecular complexity index is 622. The second-order valence-corrected chi connectivity index (χ2v) is 7.32. The van der Waals surface area contributed by atoms with Crippen molar-refractivity contribution in [1.82, 2.24) is 4.90 Å². The molecule has 2 heterocycles. The van der Waals surface area contributed by atoms with Gasteiger partial charge in [-0.05, 0) is 30.9 Å². The van der Waals surface area contributed by atoms with Crippen molar-refractivity contribution < 1.29 is 9.53 Å². The summed E-state index contributed by atoms with van der Waals surface area (Å²) in [5, 5.41) is 2.01. The molecule has 1 aliphatic rings. The average molecular weight is 315 g/mol. The van der Waals surface area contributed by atoms with Crippen LogP contribution in [0.15, 0.2) is 47.8 Å². The Balaban J connectivity index is 1.76. The molecule has 1 aliphatic heterocycles. The Morgan fingerprint density at radius 1 is 1.27 bits per heavy atom. The minimum atomic E-state index is -0.264. The van der Waals surface area contributed by atoms with Gasteiger partial charge in [-0.25, -0.2) is 0 Å². The maximum atomic E-state index is 12.7. The van der Waals surface area contributed by atoms with Crippen LogP contribution in [0.3, 0.4) is 0 Å². The summed E-state index contributed by atoms with van der Waals surface area (Å²) in [6.07, 6.45) is 0.435. The van der Waals surface area contributed by atoms with Crippen LogP contribution in [0, 0.1) is 0 Å². The van der Waals surface area contributed by atoms with Gasteiger partial charge in [0.05, 0.1) is 25.1 Å². The average Bonchev–Trinajstić information content (AvgIpc) is 3.00. The maximum absolute atomic E-state index is 12.7. The van der Waals surface area contributed by atoms with E-state index in [1.165, 1.54) is 0 Å². The number of nitrogens with zero attached hydrogens (tertiary/aromatic N) is 1. The predicted octanol–water partition coefficient (Wildman–Crippen LogP) is 3.67. The molecule has 1 fully saturated rings. The molecule has 0 aliphatic carbocycles. The second kappa shape index (κ2) is 6.23. The highest BCUT2D eigenvalue weighted by Crippen LogP contribution is 2.31. The lowest BCUT2D eigenvalue weighted by Gasteiger charge is -2.45. The summed E-state index contributed by atoms with van der Waals surface area (Å²) in [4.78, 5) is 15.8. The molecule has 0 spiro atoms. The number of carbonyl (C=O) groups excluding carboxylic acids is 1. The third-order valence-corrected chi connectivity index (χ3v) is 4.97. The van der Waals surface area contributed by atoms with Gasteiger partial charge >= 0.3 is 0 Å². The van der Waals surface area contributed by atoms with Gasteiger partial charge in [-0.15, -0.1) is 11.3 Å². The van der Waals surface area contributed by atoms with E-state index in [9.17, 15) is 4.79 Å². The van der Waals surface area contributed by atoms with Gasteiger partial charge < -0.3 is 9.64 Å².